The van der Waals surface area contributed by atoms with Crippen molar-refractivity contribution in [2.75, 3.05) is 0 Å². The second-order valence-corrected chi connectivity index (χ2v) is 7.46. The maximum atomic E-state index is 3.37. The summed E-state index contributed by atoms with van der Waals surface area (Å²) < 4.78 is 0. The van der Waals surface area contributed by atoms with Crippen LogP contribution in [-0.4, -0.2) is 0 Å². The maximum Gasteiger partial charge on any atom is -0.0274 e. The monoisotopic (exact) mass is 334 g/mol. The molecule has 0 fully saturated rings. The van der Waals surface area contributed by atoms with Crippen molar-refractivity contribution in [2.24, 2.45) is 0 Å². The highest BCUT2D eigenvalue weighted by Crippen LogP contribution is 2.12. The van der Waals surface area contributed by atoms with Gasteiger partial charge in [-0.1, -0.05) is 110 Å². The van der Waals surface area contributed by atoms with Crippen molar-refractivity contribution in [3.8, 4) is 0 Å². The highest BCUT2D eigenvalue weighted by Gasteiger charge is 1.92. The van der Waals surface area contributed by atoms with Gasteiger partial charge in [0.05, 0.1) is 0 Å². The number of rotatable bonds is 19. The van der Waals surface area contributed by atoms with Crippen LogP contribution in [0.2, 0.25) is 0 Å². The summed E-state index contributed by atoms with van der Waals surface area (Å²) in [5.41, 5.74) is 3.37. The fourth-order valence-electron chi connectivity index (χ4n) is 3.19. The lowest BCUT2D eigenvalue weighted by Gasteiger charge is -2.01. The van der Waals surface area contributed by atoms with Crippen molar-refractivity contribution in [1.82, 2.24) is 0 Å². The zero-order chi connectivity index (χ0) is 17.6. The fourth-order valence-corrected chi connectivity index (χ4v) is 3.19. The molecule has 0 aromatic rings. The van der Waals surface area contributed by atoms with E-state index in [0.717, 1.165) is 0 Å². The van der Waals surface area contributed by atoms with Crippen LogP contribution >= 0.6 is 0 Å². The SMILES string of the molecule is CCCCCCCCC=C=CCCCCCCCCCCCCC. The summed E-state index contributed by atoms with van der Waals surface area (Å²) >= 11 is 0. The molecule has 0 saturated carbocycles. The Morgan fingerprint density at radius 1 is 0.417 bits per heavy atom. The molecule has 0 saturated heterocycles. The Morgan fingerprint density at radius 3 is 1.04 bits per heavy atom. The Bertz CT molecular complexity index is 270. The normalized spacial score (nSPS) is 10.6. The van der Waals surface area contributed by atoms with E-state index in [1.165, 1.54) is 122 Å². The summed E-state index contributed by atoms with van der Waals surface area (Å²) in [4.78, 5) is 0. The van der Waals surface area contributed by atoms with Gasteiger partial charge in [-0.05, 0) is 37.8 Å². The zero-order valence-corrected chi connectivity index (χ0v) is 17.1. The second kappa shape index (κ2) is 22.5. The average Bonchev–Trinajstić information content (AvgIpc) is 2.60. The van der Waals surface area contributed by atoms with E-state index in [1.807, 2.05) is 0 Å². The molecule has 0 heteroatoms. The van der Waals surface area contributed by atoms with Gasteiger partial charge in [0.25, 0.3) is 0 Å². The highest BCUT2D eigenvalue weighted by atomic mass is 14.0. The maximum absolute atomic E-state index is 3.37. The van der Waals surface area contributed by atoms with Crippen molar-refractivity contribution >= 4 is 0 Å². The van der Waals surface area contributed by atoms with Crippen LogP contribution in [0.15, 0.2) is 17.9 Å². The van der Waals surface area contributed by atoms with Gasteiger partial charge in [0, 0.05) is 0 Å². The molecule has 0 bridgehead atoms. The lowest BCUT2D eigenvalue weighted by Crippen LogP contribution is -1.81. The number of hydrogen-bond donors (Lipinski definition) is 0. The van der Waals surface area contributed by atoms with Gasteiger partial charge < -0.3 is 0 Å². The Balaban J connectivity index is 3.13. The average molecular weight is 335 g/mol. The van der Waals surface area contributed by atoms with Crippen molar-refractivity contribution in [1.29, 1.82) is 0 Å². The number of hydrogen-bond acceptors (Lipinski definition) is 0. The van der Waals surface area contributed by atoms with E-state index in [9.17, 15) is 0 Å². The zero-order valence-electron chi connectivity index (χ0n) is 17.1. The van der Waals surface area contributed by atoms with Crippen LogP contribution < -0.4 is 0 Å². The molecule has 0 rings (SSSR count). The molecule has 0 aliphatic carbocycles. The van der Waals surface area contributed by atoms with Gasteiger partial charge in [0.2, 0.25) is 0 Å². The van der Waals surface area contributed by atoms with Crippen LogP contribution in [0.25, 0.3) is 0 Å². The molecule has 0 aromatic heterocycles. The summed E-state index contributed by atoms with van der Waals surface area (Å²) in [6.07, 6.45) is 31.1. The predicted molar refractivity (Wildman–Crippen MR) is 112 cm³/mol. The predicted octanol–water partition coefficient (Wildman–Crippen LogP) is 9.15. The van der Waals surface area contributed by atoms with Crippen LogP contribution in [-0.2, 0) is 0 Å². The first-order chi connectivity index (χ1) is 11.9. The van der Waals surface area contributed by atoms with Gasteiger partial charge in [-0.15, -0.1) is 5.73 Å². The van der Waals surface area contributed by atoms with Crippen LogP contribution in [0, 0.1) is 0 Å². The Hall–Kier alpha value is -0.480. The van der Waals surface area contributed by atoms with Gasteiger partial charge in [-0.2, -0.15) is 0 Å². The molecule has 0 spiro atoms. The summed E-state index contributed by atoms with van der Waals surface area (Å²) in [7, 11) is 0. The summed E-state index contributed by atoms with van der Waals surface area (Å²) in [5.74, 6) is 0. The quantitative estimate of drug-likeness (QED) is 0.163. The summed E-state index contributed by atoms with van der Waals surface area (Å²) in [6.45, 7) is 4.57. The molecule has 0 nitrogen and oxygen atoms in total. The molecule has 142 valence electrons. The Morgan fingerprint density at radius 2 is 0.708 bits per heavy atom. The van der Waals surface area contributed by atoms with E-state index in [-0.39, 0.29) is 0 Å². The molecule has 0 aliphatic heterocycles. The van der Waals surface area contributed by atoms with Crippen molar-refractivity contribution in [3.63, 3.8) is 0 Å². The topological polar surface area (TPSA) is 0 Å². The first-order valence-electron chi connectivity index (χ1n) is 11.3. The molecular weight excluding hydrogens is 288 g/mol. The van der Waals surface area contributed by atoms with Crippen molar-refractivity contribution < 1.29 is 0 Å². The van der Waals surface area contributed by atoms with E-state index in [1.54, 1.807) is 0 Å². The Kier molecular flexibility index (Phi) is 22.1. The van der Waals surface area contributed by atoms with E-state index in [4.69, 9.17) is 0 Å². The molecule has 24 heavy (non-hydrogen) atoms. The summed E-state index contributed by atoms with van der Waals surface area (Å²) in [5, 5.41) is 0. The largest absolute Gasteiger partial charge is 0.130 e. The third-order valence-electron chi connectivity index (χ3n) is 4.89. The minimum atomic E-state index is 1.22. The standard InChI is InChI=1S/C24H46/c1-3-5-7-9-11-13-15-17-19-21-23-24-22-20-18-16-14-12-10-8-6-4-2/h17,21H,3-16,18,20,22-24H2,1-2H3. The molecule has 0 unspecified atom stereocenters. The summed E-state index contributed by atoms with van der Waals surface area (Å²) in [6, 6.07) is 0. The molecule has 0 heterocycles. The Labute approximate surface area is 154 Å². The molecule has 0 N–H and O–H groups in total. The van der Waals surface area contributed by atoms with Crippen LogP contribution in [0.4, 0.5) is 0 Å². The van der Waals surface area contributed by atoms with Crippen molar-refractivity contribution in [2.45, 2.75) is 136 Å². The first-order valence-corrected chi connectivity index (χ1v) is 11.3. The lowest BCUT2D eigenvalue weighted by molar-refractivity contribution is 0.550. The van der Waals surface area contributed by atoms with Gasteiger partial charge >= 0.3 is 0 Å². The lowest BCUT2D eigenvalue weighted by atomic mass is 10.1. The van der Waals surface area contributed by atoms with Crippen molar-refractivity contribution in [3.05, 3.63) is 17.9 Å². The molecule has 0 atom stereocenters. The van der Waals surface area contributed by atoms with Gasteiger partial charge in [-0.3, -0.25) is 0 Å². The number of allylic oxidation sites excluding steroid dienone is 1. The minimum Gasteiger partial charge on any atom is -0.130 e. The minimum absolute atomic E-state index is 1.22. The van der Waals surface area contributed by atoms with Crippen LogP contribution in [0.1, 0.15) is 136 Å². The van der Waals surface area contributed by atoms with E-state index in [0.29, 0.717) is 0 Å². The van der Waals surface area contributed by atoms with Gasteiger partial charge in [0.15, 0.2) is 0 Å². The fraction of sp³-hybridized carbons (Fsp3) is 0.875. The van der Waals surface area contributed by atoms with E-state index < -0.39 is 0 Å². The molecular formula is C24H46. The first kappa shape index (κ1) is 23.5. The second-order valence-electron chi connectivity index (χ2n) is 7.46. The van der Waals surface area contributed by atoms with Crippen LogP contribution in [0.3, 0.4) is 0 Å². The molecule has 0 amide bonds. The van der Waals surface area contributed by atoms with Crippen LogP contribution in [0.5, 0.6) is 0 Å². The van der Waals surface area contributed by atoms with Gasteiger partial charge in [0.1, 0.15) is 0 Å². The third-order valence-corrected chi connectivity index (χ3v) is 4.89. The third kappa shape index (κ3) is 21.5. The van der Waals surface area contributed by atoms with E-state index >= 15 is 0 Å². The number of unbranched alkanes of at least 4 members (excludes halogenated alkanes) is 17. The smallest absolute Gasteiger partial charge is 0.0274 e. The molecule has 0 aliphatic rings. The highest BCUT2D eigenvalue weighted by molar-refractivity contribution is 4.84. The van der Waals surface area contributed by atoms with Gasteiger partial charge in [-0.25, -0.2) is 0 Å². The molecule has 0 radical (unpaired) electrons. The van der Waals surface area contributed by atoms with E-state index in [2.05, 4.69) is 31.7 Å². The molecule has 0 aromatic carbocycles.